The second-order valence-corrected chi connectivity index (χ2v) is 7.12. The third-order valence-electron chi connectivity index (χ3n) is 5.08. The van der Waals surface area contributed by atoms with Gasteiger partial charge in [-0.2, -0.15) is 0 Å². The molecule has 0 unspecified atom stereocenters. The minimum atomic E-state index is -0.0923. The van der Waals surface area contributed by atoms with Gasteiger partial charge in [-0.1, -0.05) is 12.1 Å². The van der Waals surface area contributed by atoms with E-state index in [1.165, 1.54) is 0 Å². The molecule has 30 heavy (non-hydrogen) atoms. The molecular weight excluding hydrogens is 380 g/mol. The molecule has 4 rings (SSSR count). The first-order chi connectivity index (χ1) is 14.7. The van der Waals surface area contributed by atoms with Gasteiger partial charge in [0.2, 0.25) is 5.91 Å². The van der Waals surface area contributed by atoms with Gasteiger partial charge in [-0.05, 0) is 49.2 Å². The smallest absolute Gasteiger partial charge is 0.229 e. The number of nitrogens with zero attached hydrogens (tertiary/aromatic N) is 3. The number of carbonyl (C=O) groups is 1. The van der Waals surface area contributed by atoms with Crippen LogP contribution in [0.2, 0.25) is 0 Å². The molecule has 1 atom stereocenters. The van der Waals surface area contributed by atoms with Crippen LogP contribution in [0.4, 0.5) is 11.5 Å². The van der Waals surface area contributed by atoms with E-state index in [-0.39, 0.29) is 11.8 Å². The number of methoxy groups -OCH3 is 1. The van der Waals surface area contributed by atoms with Crippen LogP contribution in [0.25, 0.3) is 0 Å². The van der Waals surface area contributed by atoms with Gasteiger partial charge in [-0.3, -0.25) is 9.78 Å². The second-order valence-electron chi connectivity index (χ2n) is 7.12. The first-order valence-corrected chi connectivity index (χ1v) is 9.95. The van der Waals surface area contributed by atoms with E-state index in [9.17, 15) is 4.79 Å². The van der Waals surface area contributed by atoms with Crippen LogP contribution in [0.15, 0.2) is 67.1 Å². The van der Waals surface area contributed by atoms with Crippen molar-refractivity contribution >= 4 is 17.4 Å². The summed E-state index contributed by atoms with van der Waals surface area (Å²) in [7, 11) is 1.61. The van der Waals surface area contributed by atoms with Gasteiger partial charge in [0.05, 0.1) is 19.2 Å². The van der Waals surface area contributed by atoms with E-state index in [4.69, 9.17) is 9.47 Å². The fourth-order valence-electron chi connectivity index (χ4n) is 3.53. The van der Waals surface area contributed by atoms with Gasteiger partial charge < -0.3 is 19.7 Å². The predicted octanol–water partition coefficient (Wildman–Crippen LogP) is 4.13. The lowest BCUT2D eigenvalue weighted by atomic mass is 9.97. The van der Waals surface area contributed by atoms with Crippen LogP contribution in [0.3, 0.4) is 0 Å². The molecule has 1 amide bonds. The fourth-order valence-corrected chi connectivity index (χ4v) is 3.53. The molecule has 1 fully saturated rings. The molecule has 0 aliphatic carbocycles. The quantitative estimate of drug-likeness (QED) is 0.666. The number of amides is 1. The molecule has 0 spiro atoms. The van der Waals surface area contributed by atoms with E-state index in [0.717, 1.165) is 30.9 Å². The lowest BCUT2D eigenvalue weighted by molar-refractivity contribution is -0.120. The average Bonchev–Trinajstić information content (AvgIpc) is 2.81. The summed E-state index contributed by atoms with van der Waals surface area (Å²) in [5.41, 5.74) is 0.740. The maximum Gasteiger partial charge on any atom is 0.229 e. The largest absolute Gasteiger partial charge is 0.493 e. The van der Waals surface area contributed by atoms with Crippen LogP contribution < -0.4 is 19.7 Å². The van der Waals surface area contributed by atoms with Crippen molar-refractivity contribution in [2.45, 2.75) is 12.8 Å². The summed E-state index contributed by atoms with van der Waals surface area (Å²) in [6.45, 7) is 1.52. The van der Waals surface area contributed by atoms with Crippen LogP contribution in [0, 0.1) is 5.92 Å². The SMILES string of the molecule is COc1ccccc1Oc1ccc(NC(=O)[C@H]2CCCN(c3cnccn3)C2)cc1. The van der Waals surface area contributed by atoms with E-state index >= 15 is 0 Å². The van der Waals surface area contributed by atoms with Gasteiger partial charge >= 0.3 is 0 Å². The summed E-state index contributed by atoms with van der Waals surface area (Å²) in [6, 6.07) is 14.8. The third-order valence-corrected chi connectivity index (χ3v) is 5.08. The van der Waals surface area contributed by atoms with E-state index in [0.29, 0.717) is 23.8 Å². The number of hydrogen-bond acceptors (Lipinski definition) is 6. The van der Waals surface area contributed by atoms with Gasteiger partial charge in [0, 0.05) is 31.2 Å². The van der Waals surface area contributed by atoms with Crippen molar-refractivity contribution in [3.8, 4) is 17.2 Å². The Morgan fingerprint density at radius 2 is 1.90 bits per heavy atom. The molecule has 0 bridgehead atoms. The topological polar surface area (TPSA) is 76.6 Å². The normalized spacial score (nSPS) is 16.0. The Labute approximate surface area is 175 Å². The summed E-state index contributed by atoms with van der Waals surface area (Å²) in [4.78, 5) is 23.4. The lowest BCUT2D eigenvalue weighted by Crippen LogP contribution is -2.41. The number of ether oxygens (including phenoxy) is 2. The predicted molar refractivity (Wildman–Crippen MR) is 115 cm³/mol. The second kappa shape index (κ2) is 9.26. The Hall–Kier alpha value is -3.61. The summed E-state index contributed by atoms with van der Waals surface area (Å²) >= 11 is 0. The maximum atomic E-state index is 12.8. The number of aromatic nitrogens is 2. The zero-order valence-corrected chi connectivity index (χ0v) is 16.8. The number of nitrogens with one attached hydrogen (secondary N) is 1. The molecule has 1 aliphatic heterocycles. The number of para-hydroxylation sites is 2. The molecule has 3 aromatic rings. The Balaban J connectivity index is 1.36. The van der Waals surface area contributed by atoms with Gasteiger partial charge in [-0.25, -0.2) is 4.98 Å². The molecule has 7 heteroatoms. The van der Waals surface area contributed by atoms with Gasteiger partial charge in [0.25, 0.3) is 0 Å². The van der Waals surface area contributed by atoms with E-state index in [1.54, 1.807) is 25.7 Å². The van der Waals surface area contributed by atoms with Crippen molar-refractivity contribution in [1.82, 2.24) is 9.97 Å². The van der Waals surface area contributed by atoms with Crippen molar-refractivity contribution in [1.29, 1.82) is 0 Å². The highest BCUT2D eigenvalue weighted by atomic mass is 16.5. The van der Waals surface area contributed by atoms with Crippen LogP contribution in [-0.4, -0.2) is 36.1 Å². The first-order valence-electron chi connectivity index (χ1n) is 9.95. The first kappa shape index (κ1) is 19.7. The molecule has 7 nitrogen and oxygen atoms in total. The van der Waals surface area contributed by atoms with Crippen molar-refractivity contribution in [2.75, 3.05) is 30.4 Å². The summed E-state index contributed by atoms with van der Waals surface area (Å²) < 4.78 is 11.2. The standard InChI is InChI=1S/C23H24N4O3/c1-29-20-6-2-3-7-21(20)30-19-10-8-18(9-11-19)26-23(28)17-5-4-14-27(16-17)22-15-24-12-13-25-22/h2-3,6-13,15,17H,4-5,14,16H2,1H3,(H,26,28)/t17-/m0/s1. The van der Waals surface area contributed by atoms with Crippen LogP contribution in [0.5, 0.6) is 17.2 Å². The monoisotopic (exact) mass is 404 g/mol. The molecular formula is C23H24N4O3. The van der Waals surface area contributed by atoms with Crippen molar-refractivity contribution in [3.63, 3.8) is 0 Å². The number of anilines is 2. The highest BCUT2D eigenvalue weighted by molar-refractivity contribution is 5.93. The minimum Gasteiger partial charge on any atom is -0.493 e. The highest BCUT2D eigenvalue weighted by Gasteiger charge is 2.26. The highest BCUT2D eigenvalue weighted by Crippen LogP contribution is 2.31. The minimum absolute atomic E-state index is 0.0157. The summed E-state index contributed by atoms with van der Waals surface area (Å²) in [5.74, 6) is 2.71. The molecule has 0 radical (unpaired) electrons. The summed E-state index contributed by atoms with van der Waals surface area (Å²) in [6.07, 6.45) is 6.87. The van der Waals surface area contributed by atoms with Crippen molar-refractivity contribution < 1.29 is 14.3 Å². The molecule has 154 valence electrons. The number of hydrogen-bond donors (Lipinski definition) is 1. The van der Waals surface area contributed by atoms with E-state index in [2.05, 4.69) is 20.2 Å². The number of piperidine rings is 1. The van der Waals surface area contributed by atoms with Gasteiger partial charge in [0.15, 0.2) is 11.5 Å². The molecule has 0 saturated carbocycles. The van der Waals surface area contributed by atoms with E-state index in [1.807, 2.05) is 48.5 Å². The van der Waals surface area contributed by atoms with E-state index < -0.39 is 0 Å². The number of benzene rings is 2. The molecule has 1 saturated heterocycles. The van der Waals surface area contributed by atoms with Crippen LogP contribution in [-0.2, 0) is 4.79 Å². The van der Waals surface area contributed by atoms with Crippen LogP contribution in [0.1, 0.15) is 12.8 Å². The third kappa shape index (κ3) is 4.68. The molecule has 1 N–H and O–H groups in total. The molecule has 2 aromatic carbocycles. The Morgan fingerprint density at radius 1 is 1.10 bits per heavy atom. The van der Waals surface area contributed by atoms with Crippen molar-refractivity contribution in [3.05, 3.63) is 67.1 Å². The van der Waals surface area contributed by atoms with Gasteiger partial charge in [-0.15, -0.1) is 0 Å². The number of rotatable bonds is 6. The Morgan fingerprint density at radius 3 is 2.63 bits per heavy atom. The Bertz CT molecular complexity index is 979. The molecule has 1 aromatic heterocycles. The lowest BCUT2D eigenvalue weighted by Gasteiger charge is -2.32. The maximum absolute atomic E-state index is 12.8. The molecule has 1 aliphatic rings. The summed E-state index contributed by atoms with van der Waals surface area (Å²) in [5, 5.41) is 3.02. The van der Waals surface area contributed by atoms with Crippen LogP contribution >= 0.6 is 0 Å². The zero-order chi connectivity index (χ0) is 20.8. The van der Waals surface area contributed by atoms with Crippen molar-refractivity contribution in [2.24, 2.45) is 5.92 Å². The zero-order valence-electron chi connectivity index (χ0n) is 16.8. The Kier molecular flexibility index (Phi) is 6.08. The number of carbonyl (C=O) groups excluding carboxylic acids is 1. The average molecular weight is 404 g/mol. The van der Waals surface area contributed by atoms with Gasteiger partial charge in [0.1, 0.15) is 11.6 Å². The molecule has 2 heterocycles. The fraction of sp³-hybridized carbons (Fsp3) is 0.261.